The fraction of sp³-hybridized carbons (Fsp3) is 0.167. The second-order valence-corrected chi connectivity index (χ2v) is 5.71. The number of rotatable bonds is 4. The summed E-state index contributed by atoms with van der Waals surface area (Å²) in [5.41, 5.74) is 0.385. The molecule has 2 N–H and O–H groups in total. The third kappa shape index (κ3) is 3.35. The lowest BCUT2D eigenvalue weighted by molar-refractivity contribution is 0.0939. The van der Waals surface area contributed by atoms with Crippen LogP contribution in [0.4, 0.5) is 4.39 Å². The molecule has 0 saturated heterocycles. The molecule has 0 aliphatic carbocycles. The van der Waals surface area contributed by atoms with Crippen LogP contribution in [-0.4, -0.2) is 20.4 Å². The Morgan fingerprint density at radius 1 is 1.28 bits per heavy atom. The number of hydrogen-bond donors (Lipinski definition) is 2. The molecule has 0 unspecified atom stereocenters. The first-order valence-corrected chi connectivity index (χ1v) is 7.70. The average Bonchev–Trinajstić information content (AvgIpc) is 2.99. The summed E-state index contributed by atoms with van der Waals surface area (Å²) < 4.78 is 16.0. The van der Waals surface area contributed by atoms with Crippen molar-refractivity contribution >= 4 is 5.91 Å². The number of amides is 1. The maximum atomic E-state index is 14.3. The van der Waals surface area contributed by atoms with E-state index in [9.17, 15) is 14.0 Å². The lowest BCUT2D eigenvalue weighted by Crippen LogP contribution is -2.35. The molecule has 3 aromatic rings. The van der Waals surface area contributed by atoms with E-state index >= 15 is 0 Å². The number of aryl methyl sites for hydroxylation is 2. The lowest BCUT2D eigenvalue weighted by atomic mass is 10.0. The van der Waals surface area contributed by atoms with Crippen molar-refractivity contribution in [2.45, 2.75) is 13.0 Å². The van der Waals surface area contributed by atoms with Crippen molar-refractivity contribution in [3.05, 3.63) is 87.6 Å². The highest BCUT2D eigenvalue weighted by atomic mass is 19.1. The Bertz CT molecular complexity index is 977. The summed E-state index contributed by atoms with van der Waals surface area (Å²) in [6.45, 7) is 1.72. The molecule has 2 aromatic heterocycles. The van der Waals surface area contributed by atoms with Crippen LogP contribution in [0.3, 0.4) is 0 Å². The van der Waals surface area contributed by atoms with E-state index < -0.39 is 23.3 Å². The highest BCUT2D eigenvalue weighted by Crippen LogP contribution is 2.23. The molecular formula is C18H17FN4O2. The number of nitrogens with zero attached hydrogens (tertiary/aromatic N) is 2. The quantitative estimate of drug-likeness (QED) is 0.763. The molecule has 0 aliphatic heterocycles. The number of aromatic nitrogens is 3. The van der Waals surface area contributed by atoms with Crippen LogP contribution in [0.2, 0.25) is 0 Å². The van der Waals surface area contributed by atoms with Gasteiger partial charge in [0.2, 0.25) is 0 Å². The Labute approximate surface area is 143 Å². The molecule has 1 atom stereocenters. The number of pyridine rings is 1. The zero-order chi connectivity index (χ0) is 18.0. The summed E-state index contributed by atoms with van der Waals surface area (Å²) in [4.78, 5) is 31.4. The van der Waals surface area contributed by atoms with Crippen LogP contribution >= 0.6 is 0 Å². The maximum absolute atomic E-state index is 14.3. The monoisotopic (exact) mass is 340 g/mol. The molecule has 0 bridgehead atoms. The lowest BCUT2D eigenvalue weighted by Gasteiger charge is -2.19. The van der Waals surface area contributed by atoms with Crippen molar-refractivity contribution in [2.75, 3.05) is 0 Å². The van der Waals surface area contributed by atoms with E-state index in [4.69, 9.17) is 0 Å². The highest BCUT2D eigenvalue weighted by molar-refractivity contribution is 5.94. The van der Waals surface area contributed by atoms with Crippen molar-refractivity contribution in [3.63, 3.8) is 0 Å². The molecule has 2 heterocycles. The number of hydrogen-bond acceptors (Lipinski definition) is 3. The third-order valence-electron chi connectivity index (χ3n) is 3.91. The third-order valence-corrected chi connectivity index (χ3v) is 3.91. The first-order valence-electron chi connectivity index (χ1n) is 7.70. The molecule has 128 valence electrons. The summed E-state index contributed by atoms with van der Waals surface area (Å²) in [5.74, 6) is -0.604. The van der Waals surface area contributed by atoms with E-state index in [0.717, 1.165) is 0 Å². The smallest absolute Gasteiger partial charge is 0.260 e. The number of carbonyl (C=O) groups is 1. The van der Waals surface area contributed by atoms with E-state index in [1.807, 2.05) is 0 Å². The first-order chi connectivity index (χ1) is 12.0. The summed E-state index contributed by atoms with van der Waals surface area (Å²) in [6, 6.07) is 8.40. The van der Waals surface area contributed by atoms with Gasteiger partial charge in [-0.05, 0) is 25.1 Å². The topological polar surface area (TPSA) is 79.8 Å². The summed E-state index contributed by atoms with van der Waals surface area (Å²) in [6.07, 6.45) is 3.27. The van der Waals surface area contributed by atoms with Gasteiger partial charge in [-0.3, -0.25) is 9.59 Å². The van der Waals surface area contributed by atoms with E-state index in [-0.39, 0.29) is 11.1 Å². The normalized spacial score (nSPS) is 12.0. The van der Waals surface area contributed by atoms with Crippen molar-refractivity contribution in [3.8, 4) is 0 Å². The number of H-pyrrole nitrogens is 1. The Kier molecular flexibility index (Phi) is 4.47. The van der Waals surface area contributed by atoms with E-state index in [1.54, 1.807) is 55.2 Å². The average molecular weight is 340 g/mol. The molecule has 25 heavy (non-hydrogen) atoms. The molecule has 0 spiro atoms. The van der Waals surface area contributed by atoms with Gasteiger partial charge in [-0.2, -0.15) is 0 Å². The predicted molar refractivity (Wildman–Crippen MR) is 90.7 cm³/mol. The highest BCUT2D eigenvalue weighted by Gasteiger charge is 2.24. The van der Waals surface area contributed by atoms with Crippen LogP contribution < -0.4 is 10.9 Å². The fourth-order valence-corrected chi connectivity index (χ4v) is 2.61. The first kappa shape index (κ1) is 16.6. The van der Waals surface area contributed by atoms with Gasteiger partial charge in [-0.1, -0.05) is 18.2 Å². The molecular weight excluding hydrogens is 323 g/mol. The largest absolute Gasteiger partial charge is 0.338 e. The van der Waals surface area contributed by atoms with E-state index in [2.05, 4.69) is 15.3 Å². The summed E-state index contributed by atoms with van der Waals surface area (Å²) in [7, 11) is 1.75. The zero-order valence-corrected chi connectivity index (χ0v) is 13.8. The van der Waals surface area contributed by atoms with Gasteiger partial charge in [0.15, 0.2) is 0 Å². The molecule has 0 fully saturated rings. The molecule has 3 rings (SSSR count). The van der Waals surface area contributed by atoms with Crippen LogP contribution in [0.25, 0.3) is 0 Å². The number of halogens is 1. The minimum Gasteiger partial charge on any atom is -0.338 e. The van der Waals surface area contributed by atoms with Crippen molar-refractivity contribution in [1.82, 2.24) is 19.9 Å². The van der Waals surface area contributed by atoms with Gasteiger partial charge in [-0.15, -0.1) is 0 Å². The zero-order valence-electron chi connectivity index (χ0n) is 13.8. The van der Waals surface area contributed by atoms with Crippen molar-refractivity contribution < 1.29 is 9.18 Å². The molecule has 1 amide bonds. The molecule has 0 radical (unpaired) electrons. The second kappa shape index (κ2) is 6.72. The van der Waals surface area contributed by atoms with Gasteiger partial charge in [0.1, 0.15) is 23.2 Å². The standard InChI is InChI=1S/C18H17FN4O2/c1-11-7-8-13(17(24)21-11)18(25)22-15(16-20-9-10-23(16)2)12-5-3-4-6-14(12)19/h3-10,15H,1-2H3,(H,21,24)(H,22,25)/t15-/m0/s1. The van der Waals surface area contributed by atoms with Gasteiger partial charge in [-0.25, -0.2) is 9.37 Å². The summed E-state index contributed by atoms with van der Waals surface area (Å²) in [5, 5.41) is 2.71. The maximum Gasteiger partial charge on any atom is 0.260 e. The van der Waals surface area contributed by atoms with Crippen molar-refractivity contribution in [1.29, 1.82) is 0 Å². The Morgan fingerprint density at radius 3 is 2.68 bits per heavy atom. The SMILES string of the molecule is Cc1ccc(C(=O)N[C@@H](c2ccccc2F)c2nccn2C)c(=O)[nH]1. The number of imidazole rings is 1. The van der Waals surface area contributed by atoms with Crippen LogP contribution in [0.15, 0.2) is 53.6 Å². The van der Waals surface area contributed by atoms with E-state index in [1.165, 1.54) is 12.1 Å². The molecule has 0 saturated carbocycles. The van der Waals surface area contributed by atoms with Crippen LogP contribution in [0.1, 0.15) is 33.5 Å². The van der Waals surface area contributed by atoms with Gasteiger partial charge in [0, 0.05) is 30.7 Å². The van der Waals surface area contributed by atoms with Gasteiger partial charge >= 0.3 is 0 Å². The Hall–Kier alpha value is -3.22. The summed E-state index contributed by atoms with van der Waals surface area (Å²) >= 11 is 0. The number of benzene rings is 1. The van der Waals surface area contributed by atoms with Gasteiger partial charge in [0.05, 0.1) is 0 Å². The van der Waals surface area contributed by atoms with Crippen LogP contribution in [0, 0.1) is 12.7 Å². The minimum atomic E-state index is -0.825. The Morgan fingerprint density at radius 2 is 2.04 bits per heavy atom. The fourth-order valence-electron chi connectivity index (χ4n) is 2.61. The molecule has 7 heteroatoms. The Balaban J connectivity index is 2.01. The predicted octanol–water partition coefficient (Wildman–Crippen LogP) is 2.08. The molecule has 6 nitrogen and oxygen atoms in total. The molecule has 1 aromatic carbocycles. The van der Waals surface area contributed by atoms with Gasteiger partial charge in [0.25, 0.3) is 11.5 Å². The second-order valence-electron chi connectivity index (χ2n) is 5.71. The van der Waals surface area contributed by atoms with Crippen LogP contribution in [-0.2, 0) is 7.05 Å². The van der Waals surface area contributed by atoms with Crippen LogP contribution in [0.5, 0.6) is 0 Å². The van der Waals surface area contributed by atoms with E-state index in [0.29, 0.717) is 11.5 Å². The number of carbonyl (C=O) groups excluding carboxylic acids is 1. The minimum absolute atomic E-state index is 0.0406. The number of aromatic amines is 1. The number of nitrogens with one attached hydrogen (secondary N) is 2. The van der Waals surface area contributed by atoms with Gasteiger partial charge < -0.3 is 14.9 Å². The van der Waals surface area contributed by atoms with Crippen molar-refractivity contribution in [2.24, 2.45) is 7.05 Å². The molecule has 0 aliphatic rings.